The van der Waals surface area contributed by atoms with Crippen molar-refractivity contribution in [3.8, 4) is 17.0 Å². The monoisotopic (exact) mass is 401 g/mol. The molecule has 3 rings (SSSR count). The lowest BCUT2D eigenvalue weighted by atomic mass is 10.0. The van der Waals surface area contributed by atoms with E-state index in [0.717, 1.165) is 16.7 Å². The van der Waals surface area contributed by atoms with Gasteiger partial charge in [0, 0.05) is 11.1 Å². The molecule has 6 heteroatoms. The van der Waals surface area contributed by atoms with Gasteiger partial charge in [-0.05, 0) is 47.7 Å². The van der Waals surface area contributed by atoms with E-state index < -0.39 is 12.1 Å². The van der Waals surface area contributed by atoms with Gasteiger partial charge in [-0.1, -0.05) is 65.7 Å². The number of carbonyl (C=O) groups is 1. The lowest BCUT2D eigenvalue weighted by molar-refractivity contribution is -0.145. The van der Waals surface area contributed by atoms with Crippen LogP contribution in [0.25, 0.3) is 11.1 Å². The van der Waals surface area contributed by atoms with Crippen molar-refractivity contribution in [3.05, 3.63) is 82.5 Å². The highest BCUT2D eigenvalue weighted by atomic mass is 35.5. The predicted molar refractivity (Wildman–Crippen MR) is 107 cm³/mol. The number of aryl methyl sites for hydroxylation is 1. The van der Waals surface area contributed by atoms with Crippen LogP contribution in [0.15, 0.2) is 66.7 Å². The Kier molecular flexibility index (Phi) is 6.32. The fraction of sp³-hybridized carbons (Fsp3) is 0.143. The molecule has 0 aliphatic carbocycles. The van der Waals surface area contributed by atoms with E-state index in [-0.39, 0.29) is 11.0 Å². The van der Waals surface area contributed by atoms with E-state index in [2.05, 4.69) is 4.98 Å². The van der Waals surface area contributed by atoms with Crippen molar-refractivity contribution in [3.63, 3.8) is 0 Å². The van der Waals surface area contributed by atoms with Crippen LogP contribution in [0.4, 0.5) is 0 Å². The maximum absolute atomic E-state index is 11.5. The van der Waals surface area contributed by atoms with Crippen molar-refractivity contribution < 1.29 is 14.6 Å². The third-order valence-electron chi connectivity index (χ3n) is 4.05. The molecule has 0 aliphatic heterocycles. The first kappa shape index (κ1) is 19.2. The van der Waals surface area contributed by atoms with E-state index in [1.165, 1.54) is 0 Å². The number of rotatable bonds is 7. The number of aliphatic carboxylic acids is 1. The number of nitrogens with zero attached hydrogens (tertiary/aromatic N) is 1. The molecule has 1 aromatic heterocycles. The standard InChI is InChI=1S/C21H17Cl2NO3/c22-17-11-9-16(10-12-17)15-7-4-14(5-8-15)6-13-18(21(25)26)27-20-3-1-2-19(23)24-20/h1-5,7-12,18H,6,13H2,(H,25,26). The molecule has 1 atom stereocenters. The number of halogens is 2. The Balaban J connectivity index is 1.63. The molecule has 27 heavy (non-hydrogen) atoms. The fourth-order valence-corrected chi connectivity index (χ4v) is 2.92. The zero-order valence-electron chi connectivity index (χ0n) is 14.3. The molecule has 0 saturated carbocycles. The first-order chi connectivity index (χ1) is 13.0. The Morgan fingerprint density at radius 1 is 0.963 bits per heavy atom. The van der Waals surface area contributed by atoms with Gasteiger partial charge in [-0.3, -0.25) is 0 Å². The molecule has 0 amide bonds. The lowest BCUT2D eigenvalue weighted by Crippen LogP contribution is -2.28. The first-order valence-corrected chi connectivity index (χ1v) is 9.14. The quantitative estimate of drug-likeness (QED) is 0.529. The molecule has 0 aliphatic rings. The van der Waals surface area contributed by atoms with Gasteiger partial charge in [-0.2, -0.15) is 0 Å². The average molecular weight is 402 g/mol. The Labute approximate surface area is 167 Å². The molecule has 0 bridgehead atoms. The van der Waals surface area contributed by atoms with Crippen molar-refractivity contribution >= 4 is 29.2 Å². The molecule has 0 fully saturated rings. The maximum atomic E-state index is 11.5. The van der Waals surface area contributed by atoms with Crippen molar-refractivity contribution in [2.24, 2.45) is 0 Å². The number of hydrogen-bond acceptors (Lipinski definition) is 3. The van der Waals surface area contributed by atoms with Crippen LogP contribution in [-0.4, -0.2) is 22.2 Å². The van der Waals surface area contributed by atoms with E-state index in [4.69, 9.17) is 27.9 Å². The van der Waals surface area contributed by atoms with E-state index in [9.17, 15) is 9.90 Å². The van der Waals surface area contributed by atoms with Gasteiger partial charge in [-0.25, -0.2) is 9.78 Å². The van der Waals surface area contributed by atoms with Gasteiger partial charge in [0.1, 0.15) is 5.15 Å². The highest BCUT2D eigenvalue weighted by Gasteiger charge is 2.20. The minimum absolute atomic E-state index is 0.202. The van der Waals surface area contributed by atoms with Crippen molar-refractivity contribution in [2.45, 2.75) is 18.9 Å². The fourth-order valence-electron chi connectivity index (χ4n) is 2.64. The van der Waals surface area contributed by atoms with E-state index in [0.29, 0.717) is 17.9 Å². The topological polar surface area (TPSA) is 59.4 Å². The van der Waals surface area contributed by atoms with Crippen LogP contribution in [0.1, 0.15) is 12.0 Å². The summed E-state index contributed by atoms with van der Waals surface area (Å²) in [5.74, 6) is -0.831. The summed E-state index contributed by atoms with van der Waals surface area (Å²) in [4.78, 5) is 15.5. The van der Waals surface area contributed by atoms with Crippen LogP contribution < -0.4 is 4.74 Å². The molecule has 1 unspecified atom stereocenters. The summed E-state index contributed by atoms with van der Waals surface area (Å²) >= 11 is 11.7. The SMILES string of the molecule is O=C(O)C(CCc1ccc(-c2ccc(Cl)cc2)cc1)Oc1cccc(Cl)n1. The number of carboxylic acid groups (broad SMARTS) is 1. The summed E-state index contributed by atoms with van der Waals surface area (Å²) in [5, 5.41) is 10.4. The van der Waals surface area contributed by atoms with E-state index in [1.807, 2.05) is 48.5 Å². The first-order valence-electron chi connectivity index (χ1n) is 8.38. The molecular weight excluding hydrogens is 385 g/mol. The molecule has 3 aromatic rings. The van der Waals surface area contributed by atoms with Crippen LogP contribution in [-0.2, 0) is 11.2 Å². The summed E-state index contributed by atoms with van der Waals surface area (Å²) in [6.45, 7) is 0. The molecule has 138 valence electrons. The van der Waals surface area contributed by atoms with Crippen LogP contribution in [0.5, 0.6) is 5.88 Å². The Bertz CT molecular complexity index is 911. The van der Waals surface area contributed by atoms with Gasteiger partial charge >= 0.3 is 5.97 Å². The van der Waals surface area contributed by atoms with Crippen LogP contribution in [0.2, 0.25) is 10.2 Å². The van der Waals surface area contributed by atoms with Gasteiger partial charge in [0.05, 0.1) is 0 Å². The summed E-state index contributed by atoms with van der Waals surface area (Å²) in [6, 6.07) is 20.5. The van der Waals surface area contributed by atoms with Gasteiger partial charge in [0.15, 0.2) is 6.10 Å². The number of hydrogen-bond donors (Lipinski definition) is 1. The second-order valence-corrected chi connectivity index (χ2v) is 6.81. The number of aromatic nitrogens is 1. The van der Waals surface area contributed by atoms with E-state index >= 15 is 0 Å². The third-order valence-corrected chi connectivity index (χ3v) is 4.52. The third kappa shape index (κ3) is 5.46. The minimum Gasteiger partial charge on any atom is -0.479 e. The van der Waals surface area contributed by atoms with Crippen molar-refractivity contribution in [1.82, 2.24) is 4.98 Å². The smallest absolute Gasteiger partial charge is 0.344 e. The summed E-state index contributed by atoms with van der Waals surface area (Å²) in [5.41, 5.74) is 3.18. The number of carboxylic acids is 1. The predicted octanol–water partition coefficient (Wildman–Crippen LogP) is 5.52. The normalized spacial score (nSPS) is 11.8. The minimum atomic E-state index is -1.03. The highest BCUT2D eigenvalue weighted by molar-refractivity contribution is 6.30. The zero-order chi connectivity index (χ0) is 19.2. The average Bonchev–Trinajstić information content (AvgIpc) is 2.66. The molecule has 1 heterocycles. The number of ether oxygens (including phenoxy) is 1. The maximum Gasteiger partial charge on any atom is 0.344 e. The summed E-state index contributed by atoms with van der Waals surface area (Å²) in [6.07, 6.45) is -0.102. The van der Waals surface area contributed by atoms with Crippen LogP contribution >= 0.6 is 23.2 Å². The number of pyridine rings is 1. The van der Waals surface area contributed by atoms with E-state index in [1.54, 1.807) is 18.2 Å². The van der Waals surface area contributed by atoms with Crippen molar-refractivity contribution in [2.75, 3.05) is 0 Å². The van der Waals surface area contributed by atoms with Crippen molar-refractivity contribution in [1.29, 1.82) is 0 Å². The van der Waals surface area contributed by atoms with Gasteiger partial charge in [0.25, 0.3) is 0 Å². The van der Waals surface area contributed by atoms with Gasteiger partial charge in [0.2, 0.25) is 5.88 Å². The molecule has 0 saturated heterocycles. The lowest BCUT2D eigenvalue weighted by Gasteiger charge is -2.14. The summed E-state index contributed by atoms with van der Waals surface area (Å²) in [7, 11) is 0. The molecule has 2 aromatic carbocycles. The molecular formula is C21H17Cl2NO3. The second-order valence-electron chi connectivity index (χ2n) is 5.99. The molecule has 4 nitrogen and oxygen atoms in total. The van der Waals surface area contributed by atoms with Crippen LogP contribution in [0.3, 0.4) is 0 Å². The van der Waals surface area contributed by atoms with Gasteiger partial charge < -0.3 is 9.84 Å². The Morgan fingerprint density at radius 3 is 2.19 bits per heavy atom. The zero-order valence-corrected chi connectivity index (χ0v) is 15.8. The van der Waals surface area contributed by atoms with Crippen LogP contribution in [0, 0.1) is 0 Å². The highest BCUT2D eigenvalue weighted by Crippen LogP contribution is 2.23. The second kappa shape index (κ2) is 8.89. The van der Waals surface area contributed by atoms with Gasteiger partial charge in [-0.15, -0.1) is 0 Å². The molecule has 0 spiro atoms. The Hall–Kier alpha value is -2.56. The molecule has 0 radical (unpaired) electrons. The number of benzene rings is 2. The molecule has 1 N–H and O–H groups in total. The Morgan fingerprint density at radius 2 is 1.59 bits per heavy atom. The largest absolute Gasteiger partial charge is 0.479 e. The summed E-state index contributed by atoms with van der Waals surface area (Å²) < 4.78 is 5.48.